The van der Waals surface area contributed by atoms with Gasteiger partial charge in [0.05, 0.1) is 29.3 Å². The Morgan fingerprint density at radius 1 is 1.16 bits per heavy atom. The molecule has 0 unspecified atom stereocenters. The van der Waals surface area contributed by atoms with Gasteiger partial charge in [-0.15, -0.1) is 11.3 Å². The number of aliphatic carboxylic acids is 1. The molecule has 0 radical (unpaired) electrons. The van der Waals surface area contributed by atoms with Crippen LogP contribution in [0.1, 0.15) is 40.5 Å². The smallest absolute Gasteiger partial charge is 0.416 e. The third kappa shape index (κ3) is 5.25. The highest BCUT2D eigenvalue weighted by molar-refractivity contribution is 7.09. The van der Waals surface area contributed by atoms with Gasteiger partial charge in [0.25, 0.3) is 0 Å². The van der Waals surface area contributed by atoms with Crippen LogP contribution >= 0.6 is 11.3 Å². The van der Waals surface area contributed by atoms with Gasteiger partial charge in [-0.1, -0.05) is 24.3 Å². The second-order valence-corrected chi connectivity index (χ2v) is 8.42. The number of rotatable bonds is 8. The fourth-order valence-corrected chi connectivity index (χ4v) is 4.29. The van der Waals surface area contributed by atoms with Gasteiger partial charge in [0.15, 0.2) is 0 Å². The molecule has 0 spiro atoms. The van der Waals surface area contributed by atoms with Crippen molar-refractivity contribution in [2.75, 3.05) is 6.61 Å². The van der Waals surface area contributed by atoms with E-state index in [1.807, 2.05) is 23.6 Å². The third-order valence-electron chi connectivity index (χ3n) is 5.12. The summed E-state index contributed by atoms with van der Waals surface area (Å²) in [5.74, 6) is 0.218. The molecule has 0 atom stereocenters. The minimum absolute atomic E-state index is 0.0218. The van der Waals surface area contributed by atoms with Crippen molar-refractivity contribution in [3.8, 4) is 17.0 Å². The summed E-state index contributed by atoms with van der Waals surface area (Å²) in [5, 5.41) is 11.8. The van der Waals surface area contributed by atoms with E-state index in [0.717, 1.165) is 46.9 Å². The summed E-state index contributed by atoms with van der Waals surface area (Å²) >= 11 is 1.43. The van der Waals surface area contributed by atoms with Crippen LogP contribution in [0.5, 0.6) is 5.75 Å². The molecule has 1 heterocycles. The first-order chi connectivity index (χ1) is 14.8. The van der Waals surface area contributed by atoms with Crippen molar-refractivity contribution < 1.29 is 27.8 Å². The lowest BCUT2D eigenvalue weighted by atomic mass is 9.99. The molecule has 1 saturated carbocycles. The van der Waals surface area contributed by atoms with Crippen molar-refractivity contribution in [3.63, 3.8) is 0 Å². The van der Waals surface area contributed by atoms with Crippen LogP contribution < -0.4 is 4.74 Å². The highest BCUT2D eigenvalue weighted by atomic mass is 32.1. The Labute approximate surface area is 181 Å². The molecule has 1 fully saturated rings. The van der Waals surface area contributed by atoms with E-state index in [-0.39, 0.29) is 6.42 Å². The lowest BCUT2D eigenvalue weighted by Gasteiger charge is -2.14. The predicted molar refractivity (Wildman–Crippen MR) is 112 cm³/mol. The van der Waals surface area contributed by atoms with E-state index in [1.165, 1.54) is 23.5 Å². The number of benzene rings is 2. The summed E-state index contributed by atoms with van der Waals surface area (Å²) in [5.41, 5.74) is 2.38. The summed E-state index contributed by atoms with van der Waals surface area (Å²) < 4.78 is 44.1. The number of carboxylic acids is 1. The molecule has 0 amide bonds. The maximum Gasteiger partial charge on any atom is 0.416 e. The third-order valence-corrected chi connectivity index (χ3v) is 6.03. The number of ether oxygens (including phenoxy) is 1. The zero-order chi connectivity index (χ0) is 22.0. The molecule has 0 aliphatic heterocycles. The molecule has 1 aromatic heterocycles. The summed E-state index contributed by atoms with van der Waals surface area (Å²) in [6.45, 7) is 0.385. The van der Waals surface area contributed by atoms with E-state index < -0.39 is 17.7 Å². The van der Waals surface area contributed by atoms with Crippen LogP contribution in [-0.4, -0.2) is 22.7 Å². The molecule has 2 aromatic carbocycles. The highest BCUT2D eigenvalue weighted by Crippen LogP contribution is 2.46. The summed E-state index contributed by atoms with van der Waals surface area (Å²) in [6.07, 6.45) is -1.75. The molecule has 1 aliphatic rings. The first-order valence-electron chi connectivity index (χ1n) is 9.89. The van der Waals surface area contributed by atoms with E-state index in [4.69, 9.17) is 9.84 Å². The maximum atomic E-state index is 12.7. The molecule has 3 aromatic rings. The first-order valence-corrected chi connectivity index (χ1v) is 10.8. The van der Waals surface area contributed by atoms with Crippen molar-refractivity contribution in [2.24, 2.45) is 0 Å². The van der Waals surface area contributed by atoms with E-state index >= 15 is 0 Å². The average molecular weight is 447 g/mol. The zero-order valence-electron chi connectivity index (χ0n) is 16.5. The van der Waals surface area contributed by atoms with Crippen molar-refractivity contribution in [1.82, 2.24) is 4.98 Å². The van der Waals surface area contributed by atoms with Gasteiger partial charge in [0.2, 0.25) is 0 Å². The number of carboxylic acid groups (broad SMARTS) is 1. The van der Waals surface area contributed by atoms with Crippen LogP contribution in [0.3, 0.4) is 0 Å². The molecule has 162 valence electrons. The zero-order valence-corrected chi connectivity index (χ0v) is 17.3. The Morgan fingerprint density at radius 3 is 2.55 bits per heavy atom. The SMILES string of the molecule is O=C(O)Cc1cccc(OCCc2nc(-c3ccc(C(F)(F)F)cc3)cs2)c1C1CC1. The van der Waals surface area contributed by atoms with Gasteiger partial charge in [-0.2, -0.15) is 13.2 Å². The highest BCUT2D eigenvalue weighted by Gasteiger charge is 2.30. The van der Waals surface area contributed by atoms with Crippen LogP contribution in [0.15, 0.2) is 47.8 Å². The topological polar surface area (TPSA) is 59.4 Å². The van der Waals surface area contributed by atoms with Crippen LogP contribution in [0.4, 0.5) is 13.2 Å². The molecule has 8 heteroatoms. The molecule has 0 bridgehead atoms. The molecule has 4 nitrogen and oxygen atoms in total. The normalized spacial score (nSPS) is 13.9. The predicted octanol–water partition coefficient (Wildman–Crippen LogP) is 5.95. The standard InChI is InChI=1S/C23H20F3NO3S/c24-23(25,26)17-8-6-14(7-9-17)18-13-31-20(27-18)10-11-30-19-3-1-2-16(12-21(28)29)22(19)15-4-5-15/h1-3,6-9,13,15H,4-5,10-12H2,(H,28,29). The first kappa shape index (κ1) is 21.4. The second kappa shape index (κ2) is 8.70. The Bertz CT molecular complexity index is 1070. The van der Waals surface area contributed by atoms with Crippen LogP contribution in [-0.2, 0) is 23.8 Å². The van der Waals surface area contributed by atoms with Gasteiger partial charge in [-0.3, -0.25) is 4.79 Å². The Kier molecular flexibility index (Phi) is 6.00. The number of hydrogen-bond acceptors (Lipinski definition) is 4. The van der Waals surface area contributed by atoms with Crippen LogP contribution in [0.25, 0.3) is 11.3 Å². The molecular weight excluding hydrogens is 427 g/mol. The fourth-order valence-electron chi connectivity index (χ4n) is 3.50. The number of thiazole rings is 1. The maximum absolute atomic E-state index is 12.7. The molecule has 1 aliphatic carbocycles. The van der Waals surface area contributed by atoms with Crippen molar-refractivity contribution in [1.29, 1.82) is 0 Å². The number of nitrogens with zero attached hydrogens (tertiary/aromatic N) is 1. The van der Waals surface area contributed by atoms with Crippen LogP contribution in [0.2, 0.25) is 0 Å². The van der Waals surface area contributed by atoms with Crippen molar-refractivity contribution in [3.05, 3.63) is 69.5 Å². The lowest BCUT2D eigenvalue weighted by molar-refractivity contribution is -0.138. The molecule has 4 rings (SSSR count). The Morgan fingerprint density at radius 2 is 1.90 bits per heavy atom. The number of aromatic nitrogens is 1. The van der Waals surface area contributed by atoms with E-state index in [0.29, 0.717) is 30.2 Å². The largest absolute Gasteiger partial charge is 0.493 e. The van der Waals surface area contributed by atoms with Gasteiger partial charge in [-0.05, 0) is 42.5 Å². The minimum Gasteiger partial charge on any atom is -0.493 e. The monoisotopic (exact) mass is 447 g/mol. The number of hydrogen-bond donors (Lipinski definition) is 1. The van der Waals surface area contributed by atoms with E-state index in [1.54, 1.807) is 0 Å². The number of carbonyl (C=O) groups is 1. The quantitative estimate of drug-likeness (QED) is 0.463. The van der Waals surface area contributed by atoms with Gasteiger partial charge in [-0.25, -0.2) is 4.98 Å². The van der Waals surface area contributed by atoms with E-state index in [9.17, 15) is 18.0 Å². The summed E-state index contributed by atoms with van der Waals surface area (Å²) in [6, 6.07) is 10.5. The van der Waals surface area contributed by atoms with Crippen molar-refractivity contribution in [2.45, 2.75) is 37.8 Å². The van der Waals surface area contributed by atoms with E-state index in [2.05, 4.69) is 4.98 Å². The number of alkyl halides is 3. The Balaban J connectivity index is 1.40. The van der Waals surface area contributed by atoms with Gasteiger partial charge in [0, 0.05) is 22.9 Å². The number of halogens is 3. The molecule has 1 N–H and O–H groups in total. The van der Waals surface area contributed by atoms with Gasteiger partial charge >= 0.3 is 12.1 Å². The fraction of sp³-hybridized carbons (Fsp3) is 0.304. The lowest BCUT2D eigenvalue weighted by Crippen LogP contribution is -2.07. The minimum atomic E-state index is -4.36. The summed E-state index contributed by atoms with van der Waals surface area (Å²) in [7, 11) is 0. The van der Waals surface area contributed by atoms with Gasteiger partial charge in [0.1, 0.15) is 5.75 Å². The average Bonchev–Trinajstić information content (AvgIpc) is 3.44. The Hall–Kier alpha value is -2.87. The molecular formula is C23H20F3NO3S. The molecule has 31 heavy (non-hydrogen) atoms. The van der Waals surface area contributed by atoms with Crippen molar-refractivity contribution >= 4 is 17.3 Å². The van der Waals surface area contributed by atoms with Crippen LogP contribution in [0, 0.1) is 0 Å². The van der Waals surface area contributed by atoms with Gasteiger partial charge < -0.3 is 9.84 Å². The summed E-state index contributed by atoms with van der Waals surface area (Å²) in [4.78, 5) is 15.7. The molecule has 0 saturated heterocycles. The second-order valence-electron chi connectivity index (χ2n) is 7.47.